The monoisotopic (exact) mass is 463 g/mol. The van der Waals surface area contributed by atoms with Gasteiger partial charge in [0.2, 0.25) is 5.91 Å². The van der Waals surface area contributed by atoms with Gasteiger partial charge in [-0.15, -0.1) is 0 Å². The van der Waals surface area contributed by atoms with Gasteiger partial charge in [-0.2, -0.15) is 0 Å². The van der Waals surface area contributed by atoms with Gasteiger partial charge in [0.25, 0.3) is 0 Å². The first-order chi connectivity index (χ1) is 15.8. The summed E-state index contributed by atoms with van der Waals surface area (Å²) in [7, 11) is 0. The average Bonchev–Trinajstić information content (AvgIpc) is 3.37. The zero-order valence-electron chi connectivity index (χ0n) is 18.1. The van der Waals surface area contributed by atoms with Gasteiger partial charge in [0, 0.05) is 18.6 Å². The van der Waals surface area contributed by atoms with Crippen LogP contribution < -0.4 is 11.1 Å². The number of nitrogen functional groups attached to an aromatic ring is 1. The normalized spacial score (nSPS) is 17.4. The van der Waals surface area contributed by atoms with E-state index in [1.807, 2.05) is 10.6 Å². The molecule has 0 saturated heterocycles. The molecular weight excluding hydrogens is 442 g/mol. The van der Waals surface area contributed by atoms with Crippen LogP contribution in [0.4, 0.5) is 11.6 Å². The lowest BCUT2D eigenvalue weighted by molar-refractivity contribution is -0.119. The Labute approximate surface area is 194 Å². The Hall–Kier alpha value is -3.72. The van der Waals surface area contributed by atoms with E-state index < -0.39 is 5.41 Å². The number of rotatable bonds is 5. The molecule has 4 N–H and O–H groups in total. The van der Waals surface area contributed by atoms with Crippen molar-refractivity contribution in [3.05, 3.63) is 58.6 Å². The average molecular weight is 464 g/mol. The highest BCUT2D eigenvalue weighted by molar-refractivity contribution is 6.32. The molecule has 0 unspecified atom stereocenters. The van der Waals surface area contributed by atoms with Gasteiger partial charge in [-0.25, -0.2) is 19.9 Å². The molecule has 0 radical (unpaired) electrons. The van der Waals surface area contributed by atoms with E-state index in [-0.39, 0.29) is 22.5 Å². The number of aromatic hydroxyl groups is 1. The molecule has 168 valence electrons. The number of anilines is 2. The van der Waals surface area contributed by atoms with Crippen LogP contribution in [0.25, 0.3) is 17.2 Å². The number of phenolic OH excluding ortho intramolecular Hbond substituents is 1. The summed E-state index contributed by atoms with van der Waals surface area (Å²) in [6.07, 6.45) is 8.16. The zero-order valence-corrected chi connectivity index (χ0v) is 18.9. The van der Waals surface area contributed by atoms with Crippen molar-refractivity contribution < 1.29 is 9.90 Å². The van der Waals surface area contributed by atoms with Crippen LogP contribution in [0.5, 0.6) is 5.75 Å². The molecule has 0 bridgehead atoms. The number of benzene rings is 1. The number of aryl methyl sites for hydroxylation is 1. The number of carbonyl (C=O) groups is 1. The SMILES string of the molecule is CCCCc1nc(-c2nc(N)c3c(n2)NC(=O)[C@]3(C)c2ccc(Cl)c(O)c2)cn2ccnc12. The standard InChI is InChI=1S/C23H22ClN7O2/c1-3-4-5-14-21-26-8-9-31(21)11-15(27-14)19-28-18(25)17-20(29-19)30-22(33)23(17,2)12-6-7-13(24)16(32)10-12/h6-11,32H,3-5H2,1-2H3,(H3,25,28,29,30,33)/t23-/m1/s1. The van der Waals surface area contributed by atoms with Gasteiger partial charge in [-0.05, 0) is 37.5 Å². The third kappa shape index (κ3) is 3.27. The van der Waals surface area contributed by atoms with Crippen LogP contribution in [0, 0.1) is 0 Å². The molecule has 1 aliphatic rings. The van der Waals surface area contributed by atoms with E-state index in [1.54, 1.807) is 25.4 Å². The number of imidazole rings is 1. The number of amides is 1. The summed E-state index contributed by atoms with van der Waals surface area (Å²) in [6, 6.07) is 4.67. The van der Waals surface area contributed by atoms with E-state index in [9.17, 15) is 9.90 Å². The van der Waals surface area contributed by atoms with E-state index >= 15 is 0 Å². The number of hydrogen-bond donors (Lipinski definition) is 3. The number of halogens is 1. The van der Waals surface area contributed by atoms with Crippen LogP contribution >= 0.6 is 11.6 Å². The van der Waals surface area contributed by atoms with Crippen LogP contribution in [-0.2, 0) is 16.6 Å². The summed E-state index contributed by atoms with van der Waals surface area (Å²) >= 11 is 5.95. The second-order valence-corrected chi connectivity index (χ2v) is 8.64. The second kappa shape index (κ2) is 7.70. The van der Waals surface area contributed by atoms with E-state index in [1.165, 1.54) is 12.1 Å². The van der Waals surface area contributed by atoms with E-state index in [4.69, 9.17) is 22.3 Å². The predicted molar refractivity (Wildman–Crippen MR) is 125 cm³/mol. The van der Waals surface area contributed by atoms with Crippen molar-refractivity contribution in [2.24, 2.45) is 0 Å². The number of fused-ring (bicyclic) bond motifs is 2. The van der Waals surface area contributed by atoms with Crippen LogP contribution in [0.3, 0.4) is 0 Å². The summed E-state index contributed by atoms with van der Waals surface area (Å²) in [5.74, 6) is 0.349. The van der Waals surface area contributed by atoms with Gasteiger partial charge < -0.3 is 20.6 Å². The van der Waals surface area contributed by atoms with Gasteiger partial charge in [0.1, 0.15) is 28.5 Å². The van der Waals surface area contributed by atoms with Crippen LogP contribution in [0.2, 0.25) is 5.02 Å². The highest BCUT2D eigenvalue weighted by Crippen LogP contribution is 2.46. The number of phenols is 1. The van der Waals surface area contributed by atoms with E-state index in [0.717, 1.165) is 30.6 Å². The number of nitrogens with zero attached hydrogens (tertiary/aromatic N) is 5. The fourth-order valence-electron chi connectivity index (χ4n) is 4.24. The van der Waals surface area contributed by atoms with Crippen LogP contribution in [0.1, 0.15) is 43.5 Å². The molecule has 1 aromatic carbocycles. The van der Waals surface area contributed by atoms with Crippen molar-refractivity contribution in [3.8, 4) is 17.3 Å². The van der Waals surface area contributed by atoms with Crippen molar-refractivity contribution in [2.75, 3.05) is 11.1 Å². The lowest BCUT2D eigenvalue weighted by Gasteiger charge is -2.23. The lowest BCUT2D eigenvalue weighted by Crippen LogP contribution is -2.32. The van der Waals surface area contributed by atoms with Gasteiger partial charge >= 0.3 is 0 Å². The van der Waals surface area contributed by atoms with Crippen LogP contribution in [-0.4, -0.2) is 35.4 Å². The summed E-state index contributed by atoms with van der Waals surface area (Å²) in [6.45, 7) is 3.84. The number of aromatic nitrogens is 5. The van der Waals surface area contributed by atoms with Gasteiger partial charge in [0.15, 0.2) is 11.5 Å². The zero-order chi connectivity index (χ0) is 23.3. The highest BCUT2D eigenvalue weighted by Gasteiger charge is 2.47. The van der Waals surface area contributed by atoms with Gasteiger partial charge in [0.05, 0.1) is 16.3 Å². The van der Waals surface area contributed by atoms with Crippen molar-refractivity contribution in [1.29, 1.82) is 0 Å². The molecule has 4 heterocycles. The minimum atomic E-state index is -1.19. The molecule has 9 nitrogen and oxygen atoms in total. The third-order valence-electron chi connectivity index (χ3n) is 6.09. The predicted octanol–water partition coefficient (Wildman–Crippen LogP) is 3.73. The first kappa shape index (κ1) is 21.1. The van der Waals surface area contributed by atoms with Crippen LogP contribution in [0.15, 0.2) is 36.8 Å². The second-order valence-electron chi connectivity index (χ2n) is 8.24. The molecule has 4 aromatic rings. The number of nitrogens with one attached hydrogen (secondary N) is 1. The first-order valence-electron chi connectivity index (χ1n) is 10.6. The van der Waals surface area contributed by atoms with Gasteiger partial charge in [-0.1, -0.05) is 31.0 Å². The summed E-state index contributed by atoms with van der Waals surface area (Å²) in [4.78, 5) is 31.4. The molecule has 0 fully saturated rings. The molecule has 0 saturated carbocycles. The molecule has 0 spiro atoms. The number of hydrogen-bond acceptors (Lipinski definition) is 7. The molecule has 1 amide bonds. The van der Waals surface area contributed by atoms with Crippen molar-refractivity contribution in [1.82, 2.24) is 24.3 Å². The smallest absolute Gasteiger partial charge is 0.240 e. The molecular formula is C23H22ClN7O2. The minimum absolute atomic E-state index is 0.120. The highest BCUT2D eigenvalue weighted by atomic mass is 35.5. The van der Waals surface area contributed by atoms with Gasteiger partial charge in [-0.3, -0.25) is 4.79 Å². The fraction of sp³-hybridized carbons (Fsp3) is 0.261. The maximum Gasteiger partial charge on any atom is 0.240 e. The third-order valence-corrected chi connectivity index (χ3v) is 6.41. The number of nitrogens with two attached hydrogens (primary N) is 1. The van der Waals surface area contributed by atoms with Crippen molar-refractivity contribution >= 4 is 34.8 Å². The summed E-state index contributed by atoms with van der Waals surface area (Å²) in [5.41, 5.74) is 8.37. The van der Waals surface area contributed by atoms with E-state index in [0.29, 0.717) is 28.5 Å². The molecule has 5 rings (SSSR count). The molecule has 33 heavy (non-hydrogen) atoms. The van der Waals surface area contributed by atoms with Crippen molar-refractivity contribution in [3.63, 3.8) is 0 Å². The summed E-state index contributed by atoms with van der Waals surface area (Å²) < 4.78 is 1.89. The Morgan fingerprint density at radius 2 is 2.09 bits per heavy atom. The Bertz CT molecular complexity index is 1420. The lowest BCUT2D eigenvalue weighted by atomic mass is 9.77. The Balaban J connectivity index is 1.64. The summed E-state index contributed by atoms with van der Waals surface area (Å²) in [5, 5.41) is 13.1. The largest absolute Gasteiger partial charge is 0.506 e. The Morgan fingerprint density at radius 1 is 1.27 bits per heavy atom. The van der Waals surface area contributed by atoms with Crippen molar-refractivity contribution in [2.45, 2.75) is 38.5 Å². The molecule has 10 heteroatoms. The Kier molecular flexibility index (Phi) is 4.93. The molecule has 1 aliphatic heterocycles. The number of unbranched alkanes of at least 4 members (excludes halogenated alkanes) is 1. The maximum atomic E-state index is 13.1. The molecule has 1 atom stereocenters. The fourth-order valence-corrected chi connectivity index (χ4v) is 4.36. The number of carbonyl (C=O) groups excluding carboxylic acids is 1. The quantitative estimate of drug-likeness (QED) is 0.411. The topological polar surface area (TPSA) is 131 Å². The van der Waals surface area contributed by atoms with E-state index in [2.05, 4.69) is 27.2 Å². The first-order valence-corrected chi connectivity index (χ1v) is 11.0. The molecule has 0 aliphatic carbocycles. The Morgan fingerprint density at radius 3 is 2.85 bits per heavy atom. The molecule has 3 aromatic heterocycles. The maximum absolute atomic E-state index is 13.1. The minimum Gasteiger partial charge on any atom is -0.506 e.